The van der Waals surface area contributed by atoms with Crippen LogP contribution in [-0.2, 0) is 0 Å². The molecule has 0 unspecified atom stereocenters. The third-order valence-electron chi connectivity index (χ3n) is 4.07. The zero-order valence-corrected chi connectivity index (χ0v) is 14.5. The molecule has 132 valence electrons. The van der Waals surface area contributed by atoms with Gasteiger partial charge < -0.3 is 22.1 Å². The number of primary amides is 1. The number of rotatable bonds is 4. The molecule has 3 rings (SSSR count). The second-order valence-electron chi connectivity index (χ2n) is 5.95. The van der Waals surface area contributed by atoms with E-state index in [0.29, 0.717) is 16.3 Å². The van der Waals surface area contributed by atoms with Crippen molar-refractivity contribution in [3.05, 3.63) is 35.9 Å². The molecule has 2 aromatic rings. The van der Waals surface area contributed by atoms with Crippen molar-refractivity contribution in [2.24, 2.45) is 5.73 Å². The van der Waals surface area contributed by atoms with E-state index in [1.165, 1.54) is 11.3 Å². The van der Waals surface area contributed by atoms with Crippen molar-refractivity contribution in [3.8, 4) is 10.4 Å². The number of anilines is 2. The Labute approximate surface area is 149 Å². The molecule has 1 saturated heterocycles. The summed E-state index contributed by atoms with van der Waals surface area (Å²) in [4.78, 5) is 24.8. The van der Waals surface area contributed by atoms with Crippen LogP contribution in [0.1, 0.15) is 23.2 Å². The molecule has 1 aliphatic rings. The molecular weight excluding hydrogens is 338 g/mol. The lowest BCUT2D eigenvalue weighted by Gasteiger charge is -2.23. The van der Waals surface area contributed by atoms with Crippen molar-refractivity contribution < 1.29 is 9.59 Å². The van der Waals surface area contributed by atoms with E-state index in [1.807, 2.05) is 18.2 Å². The van der Waals surface area contributed by atoms with E-state index in [2.05, 4.69) is 16.0 Å². The van der Waals surface area contributed by atoms with Gasteiger partial charge in [-0.1, -0.05) is 18.2 Å². The van der Waals surface area contributed by atoms with Crippen molar-refractivity contribution in [2.75, 3.05) is 24.1 Å². The number of benzene rings is 1. The summed E-state index contributed by atoms with van der Waals surface area (Å²) in [6, 6.07) is 8.51. The van der Waals surface area contributed by atoms with Gasteiger partial charge >= 0.3 is 6.03 Å². The predicted molar refractivity (Wildman–Crippen MR) is 101 cm³/mol. The van der Waals surface area contributed by atoms with Crippen LogP contribution in [0.2, 0.25) is 0 Å². The van der Waals surface area contributed by atoms with E-state index < -0.39 is 6.03 Å². The van der Waals surface area contributed by atoms with Crippen molar-refractivity contribution in [1.29, 1.82) is 0 Å². The summed E-state index contributed by atoms with van der Waals surface area (Å²) in [6.45, 7) is 1.71. The highest BCUT2D eigenvalue weighted by atomic mass is 32.1. The smallest absolute Gasteiger partial charge is 0.317 e. The molecular formula is C17H21N5O2S. The molecule has 2 heterocycles. The molecule has 1 aliphatic heterocycles. The maximum Gasteiger partial charge on any atom is 0.317 e. The quantitative estimate of drug-likeness (QED) is 0.536. The fourth-order valence-electron chi connectivity index (χ4n) is 2.86. The van der Waals surface area contributed by atoms with Crippen LogP contribution >= 0.6 is 11.3 Å². The van der Waals surface area contributed by atoms with E-state index in [0.717, 1.165) is 36.4 Å². The standard InChI is InChI=1S/C17H21N5O2S/c18-13-6-2-1-5-11(13)14-8-12(16(25-14)22-17(19)24)15(23)21-10-4-3-7-20-9-10/h1-2,5-6,8,10,20H,3-4,7,9,18H2,(H,21,23)(H3,19,22,24)/t10-/m0/s1. The molecule has 0 bridgehead atoms. The third kappa shape index (κ3) is 4.09. The van der Waals surface area contributed by atoms with Gasteiger partial charge in [-0.3, -0.25) is 10.1 Å². The summed E-state index contributed by atoms with van der Waals surface area (Å²) in [5.41, 5.74) is 13.1. The molecule has 0 radical (unpaired) electrons. The summed E-state index contributed by atoms with van der Waals surface area (Å²) in [6.07, 6.45) is 1.95. The van der Waals surface area contributed by atoms with Crippen LogP contribution in [0, 0.1) is 0 Å². The fourth-order valence-corrected chi connectivity index (χ4v) is 3.96. The summed E-state index contributed by atoms with van der Waals surface area (Å²) in [7, 11) is 0. The maximum absolute atomic E-state index is 12.7. The largest absolute Gasteiger partial charge is 0.398 e. The minimum absolute atomic E-state index is 0.0767. The highest BCUT2D eigenvalue weighted by Crippen LogP contribution is 2.37. The summed E-state index contributed by atoms with van der Waals surface area (Å²) < 4.78 is 0. The van der Waals surface area contributed by atoms with Gasteiger partial charge in [-0.05, 0) is 31.5 Å². The normalized spacial score (nSPS) is 17.0. The SMILES string of the molecule is NC(=O)Nc1sc(-c2ccccc2N)cc1C(=O)N[C@H]1CCCNC1. The second-order valence-corrected chi connectivity index (χ2v) is 7.00. The number of hydrogen-bond donors (Lipinski definition) is 5. The molecule has 0 spiro atoms. The van der Waals surface area contributed by atoms with Gasteiger partial charge in [0.15, 0.2) is 0 Å². The lowest BCUT2D eigenvalue weighted by molar-refractivity contribution is 0.0932. The zero-order valence-electron chi connectivity index (χ0n) is 13.7. The van der Waals surface area contributed by atoms with Crippen LogP contribution in [0.3, 0.4) is 0 Å². The number of hydrogen-bond acceptors (Lipinski definition) is 5. The van der Waals surface area contributed by atoms with Crippen molar-refractivity contribution in [3.63, 3.8) is 0 Å². The van der Waals surface area contributed by atoms with Gasteiger partial charge in [0.25, 0.3) is 5.91 Å². The lowest BCUT2D eigenvalue weighted by atomic mass is 10.1. The topological polar surface area (TPSA) is 122 Å². The number of piperidine rings is 1. The first kappa shape index (κ1) is 17.2. The van der Waals surface area contributed by atoms with Gasteiger partial charge in [0.2, 0.25) is 0 Å². The Balaban J connectivity index is 1.89. The Kier molecular flexibility index (Phi) is 5.20. The average Bonchev–Trinajstić information content (AvgIpc) is 2.99. The highest BCUT2D eigenvalue weighted by molar-refractivity contribution is 7.20. The molecule has 1 atom stereocenters. The number of thiophene rings is 1. The van der Waals surface area contributed by atoms with Crippen LogP contribution in [0.5, 0.6) is 0 Å². The van der Waals surface area contributed by atoms with Crippen LogP contribution < -0.4 is 27.4 Å². The number of nitrogens with two attached hydrogens (primary N) is 2. The average molecular weight is 359 g/mol. The monoisotopic (exact) mass is 359 g/mol. The number of carbonyl (C=O) groups excluding carboxylic acids is 2. The summed E-state index contributed by atoms with van der Waals surface area (Å²) in [5, 5.41) is 9.23. The Morgan fingerprint density at radius 2 is 2.08 bits per heavy atom. The molecule has 25 heavy (non-hydrogen) atoms. The van der Waals surface area contributed by atoms with E-state index in [9.17, 15) is 9.59 Å². The summed E-state index contributed by atoms with van der Waals surface area (Å²) in [5.74, 6) is -0.227. The summed E-state index contributed by atoms with van der Waals surface area (Å²) >= 11 is 1.28. The Hall–Kier alpha value is -2.58. The van der Waals surface area contributed by atoms with Gasteiger partial charge in [0, 0.05) is 28.7 Å². The van der Waals surface area contributed by atoms with Crippen molar-refractivity contribution in [1.82, 2.24) is 10.6 Å². The van der Waals surface area contributed by atoms with E-state index in [1.54, 1.807) is 12.1 Å². The number of nitrogen functional groups attached to an aromatic ring is 1. The molecule has 1 fully saturated rings. The molecule has 0 saturated carbocycles. The second kappa shape index (κ2) is 7.54. The number of para-hydroxylation sites is 1. The van der Waals surface area contributed by atoms with Crippen LogP contribution in [0.15, 0.2) is 30.3 Å². The van der Waals surface area contributed by atoms with E-state index >= 15 is 0 Å². The first-order valence-corrected chi connectivity index (χ1v) is 8.93. The minimum Gasteiger partial charge on any atom is -0.398 e. The molecule has 1 aromatic carbocycles. The predicted octanol–water partition coefficient (Wildman–Crippen LogP) is 1.97. The Morgan fingerprint density at radius 3 is 2.76 bits per heavy atom. The highest BCUT2D eigenvalue weighted by Gasteiger charge is 2.22. The lowest BCUT2D eigenvalue weighted by Crippen LogP contribution is -2.45. The van der Waals surface area contributed by atoms with Crippen molar-refractivity contribution >= 4 is 34.0 Å². The fraction of sp³-hybridized carbons (Fsp3) is 0.294. The maximum atomic E-state index is 12.7. The van der Waals surface area contributed by atoms with Crippen LogP contribution in [-0.4, -0.2) is 31.1 Å². The number of nitrogens with one attached hydrogen (secondary N) is 3. The minimum atomic E-state index is -0.706. The van der Waals surface area contributed by atoms with Gasteiger partial charge in [-0.2, -0.15) is 0 Å². The van der Waals surface area contributed by atoms with Crippen LogP contribution in [0.4, 0.5) is 15.5 Å². The van der Waals surface area contributed by atoms with Crippen molar-refractivity contribution in [2.45, 2.75) is 18.9 Å². The molecule has 7 N–H and O–H groups in total. The first-order chi connectivity index (χ1) is 12.0. The number of amides is 3. The van der Waals surface area contributed by atoms with Gasteiger partial charge in [0.05, 0.1) is 5.56 Å². The van der Waals surface area contributed by atoms with E-state index in [4.69, 9.17) is 11.5 Å². The number of urea groups is 1. The molecule has 1 aromatic heterocycles. The molecule has 3 amide bonds. The number of carbonyl (C=O) groups is 2. The van der Waals surface area contributed by atoms with Gasteiger partial charge in [-0.25, -0.2) is 4.79 Å². The van der Waals surface area contributed by atoms with Gasteiger partial charge in [0.1, 0.15) is 5.00 Å². The molecule has 8 heteroatoms. The van der Waals surface area contributed by atoms with Gasteiger partial charge in [-0.15, -0.1) is 11.3 Å². The Morgan fingerprint density at radius 1 is 1.28 bits per heavy atom. The molecule has 7 nitrogen and oxygen atoms in total. The van der Waals surface area contributed by atoms with Crippen LogP contribution in [0.25, 0.3) is 10.4 Å². The zero-order chi connectivity index (χ0) is 17.8. The van der Waals surface area contributed by atoms with E-state index in [-0.39, 0.29) is 11.9 Å². The first-order valence-electron chi connectivity index (χ1n) is 8.11. The third-order valence-corrected chi connectivity index (χ3v) is 5.16. The Bertz CT molecular complexity index is 783. The molecule has 0 aliphatic carbocycles.